The van der Waals surface area contributed by atoms with Gasteiger partial charge in [0.05, 0.1) is 25.7 Å². The van der Waals surface area contributed by atoms with Crippen LogP contribution in [0.4, 0.5) is 0 Å². The van der Waals surface area contributed by atoms with Crippen molar-refractivity contribution in [2.75, 3.05) is 27.4 Å². The topological polar surface area (TPSA) is 68.2 Å². The Balaban J connectivity index is 1.72. The van der Waals surface area contributed by atoms with Gasteiger partial charge >= 0.3 is 0 Å². The van der Waals surface area contributed by atoms with E-state index in [1.54, 1.807) is 43.4 Å². The SMILES string of the molecule is CCOc1cc(/C=C2/SC(=S)N(CCc3ccc(OC)c(OC)c3)C2=O)ccc1O. The number of ether oxygens (including phenoxy) is 3. The van der Waals surface area contributed by atoms with Gasteiger partial charge < -0.3 is 19.3 Å². The maximum atomic E-state index is 12.9. The lowest BCUT2D eigenvalue weighted by Crippen LogP contribution is -2.30. The summed E-state index contributed by atoms with van der Waals surface area (Å²) in [6.07, 6.45) is 2.39. The zero-order valence-electron chi connectivity index (χ0n) is 17.0. The highest BCUT2D eigenvalue weighted by Gasteiger charge is 2.31. The quantitative estimate of drug-likeness (QED) is 0.481. The maximum Gasteiger partial charge on any atom is 0.266 e. The van der Waals surface area contributed by atoms with Crippen molar-refractivity contribution < 1.29 is 24.1 Å². The average molecular weight is 446 g/mol. The van der Waals surface area contributed by atoms with Crippen LogP contribution in [0.25, 0.3) is 6.08 Å². The lowest BCUT2D eigenvalue weighted by molar-refractivity contribution is -0.122. The van der Waals surface area contributed by atoms with Crippen LogP contribution in [-0.2, 0) is 11.2 Å². The van der Waals surface area contributed by atoms with Crippen molar-refractivity contribution in [2.45, 2.75) is 13.3 Å². The lowest BCUT2D eigenvalue weighted by Gasteiger charge is -2.15. The smallest absolute Gasteiger partial charge is 0.266 e. The Bertz CT molecular complexity index is 989. The standard InChI is InChI=1S/C22H23NO5S2/c1-4-28-18-12-15(5-7-16(18)24)13-20-21(25)23(22(29)30-20)10-9-14-6-8-17(26-2)19(11-14)27-3/h5-8,11-13,24H,4,9-10H2,1-3H3/b20-13+. The Kier molecular flexibility index (Phi) is 7.23. The van der Waals surface area contributed by atoms with Gasteiger partial charge in [0.1, 0.15) is 4.32 Å². The third kappa shape index (κ3) is 4.88. The number of carbonyl (C=O) groups excluding carboxylic acids is 1. The molecule has 1 aliphatic heterocycles. The van der Waals surface area contributed by atoms with Crippen molar-refractivity contribution in [3.63, 3.8) is 0 Å². The van der Waals surface area contributed by atoms with E-state index in [9.17, 15) is 9.90 Å². The van der Waals surface area contributed by atoms with Gasteiger partial charge in [-0.1, -0.05) is 36.1 Å². The molecule has 8 heteroatoms. The van der Waals surface area contributed by atoms with Crippen LogP contribution < -0.4 is 14.2 Å². The summed E-state index contributed by atoms with van der Waals surface area (Å²) < 4.78 is 16.5. The predicted molar refractivity (Wildman–Crippen MR) is 122 cm³/mol. The van der Waals surface area contributed by atoms with Crippen molar-refractivity contribution >= 4 is 40.3 Å². The van der Waals surface area contributed by atoms with Crippen molar-refractivity contribution in [3.05, 3.63) is 52.4 Å². The van der Waals surface area contributed by atoms with Crippen molar-refractivity contribution in [3.8, 4) is 23.0 Å². The van der Waals surface area contributed by atoms with Crippen LogP contribution in [0.5, 0.6) is 23.0 Å². The van der Waals surface area contributed by atoms with E-state index in [0.717, 1.165) is 11.1 Å². The summed E-state index contributed by atoms with van der Waals surface area (Å²) in [5.74, 6) is 1.64. The largest absolute Gasteiger partial charge is 0.504 e. The molecule has 0 bridgehead atoms. The molecule has 2 aromatic carbocycles. The predicted octanol–water partition coefficient (Wildman–Crippen LogP) is 4.25. The van der Waals surface area contributed by atoms with Crippen molar-refractivity contribution in [2.24, 2.45) is 0 Å². The van der Waals surface area contributed by atoms with Gasteiger partial charge in [-0.15, -0.1) is 0 Å². The number of carbonyl (C=O) groups is 1. The summed E-state index contributed by atoms with van der Waals surface area (Å²) in [5.41, 5.74) is 1.78. The molecule has 1 heterocycles. The van der Waals surface area contributed by atoms with Crippen LogP contribution >= 0.6 is 24.0 Å². The lowest BCUT2D eigenvalue weighted by atomic mass is 10.1. The van der Waals surface area contributed by atoms with Gasteiger partial charge in [0.15, 0.2) is 23.0 Å². The van der Waals surface area contributed by atoms with Gasteiger partial charge in [-0.2, -0.15) is 0 Å². The van der Waals surface area contributed by atoms with E-state index in [2.05, 4.69) is 0 Å². The summed E-state index contributed by atoms with van der Waals surface area (Å²) >= 11 is 6.69. The molecule has 1 N–H and O–H groups in total. The average Bonchev–Trinajstić information content (AvgIpc) is 3.01. The second-order valence-corrected chi connectivity index (χ2v) is 8.11. The van der Waals surface area contributed by atoms with Crippen molar-refractivity contribution in [1.82, 2.24) is 4.90 Å². The first-order chi connectivity index (χ1) is 14.5. The number of amides is 1. The van der Waals surface area contributed by atoms with E-state index in [1.807, 2.05) is 25.1 Å². The highest BCUT2D eigenvalue weighted by molar-refractivity contribution is 8.26. The van der Waals surface area contributed by atoms with E-state index in [-0.39, 0.29) is 11.7 Å². The molecule has 1 amide bonds. The van der Waals surface area contributed by atoms with Gasteiger partial charge in [-0.25, -0.2) is 0 Å². The Hall–Kier alpha value is -2.71. The molecule has 0 radical (unpaired) electrons. The van der Waals surface area contributed by atoms with E-state index in [1.165, 1.54) is 11.8 Å². The van der Waals surface area contributed by atoms with E-state index in [4.69, 9.17) is 26.4 Å². The number of methoxy groups -OCH3 is 2. The zero-order valence-corrected chi connectivity index (χ0v) is 18.6. The van der Waals surface area contributed by atoms with Gasteiger partial charge in [0, 0.05) is 6.54 Å². The van der Waals surface area contributed by atoms with Crippen LogP contribution in [0.3, 0.4) is 0 Å². The van der Waals surface area contributed by atoms with Crippen LogP contribution in [0.1, 0.15) is 18.1 Å². The molecule has 1 saturated heterocycles. The number of benzene rings is 2. The fourth-order valence-electron chi connectivity index (χ4n) is 3.01. The highest BCUT2D eigenvalue weighted by atomic mass is 32.2. The second-order valence-electron chi connectivity index (χ2n) is 6.43. The number of aromatic hydroxyl groups is 1. The minimum Gasteiger partial charge on any atom is -0.504 e. The molecule has 1 aliphatic rings. The third-order valence-electron chi connectivity index (χ3n) is 4.53. The number of hydrogen-bond acceptors (Lipinski definition) is 7. The summed E-state index contributed by atoms with van der Waals surface area (Å²) in [4.78, 5) is 15.0. The molecule has 6 nitrogen and oxygen atoms in total. The number of thiocarbonyl (C=S) groups is 1. The molecule has 0 aliphatic carbocycles. The first-order valence-corrected chi connectivity index (χ1v) is 10.6. The van der Waals surface area contributed by atoms with Gasteiger partial charge in [-0.05, 0) is 54.8 Å². The summed E-state index contributed by atoms with van der Waals surface area (Å²) in [6, 6.07) is 10.7. The van der Waals surface area contributed by atoms with E-state index in [0.29, 0.717) is 46.0 Å². The molecule has 2 aromatic rings. The van der Waals surface area contributed by atoms with Gasteiger partial charge in [-0.3, -0.25) is 9.69 Å². The Morgan fingerprint density at radius 1 is 1.10 bits per heavy atom. The highest BCUT2D eigenvalue weighted by Crippen LogP contribution is 2.35. The number of phenolic OH excluding ortho intramolecular Hbond substituents is 1. The molecule has 1 fully saturated rings. The van der Waals surface area contributed by atoms with Crippen LogP contribution in [0, 0.1) is 0 Å². The number of thioether (sulfide) groups is 1. The first-order valence-electron chi connectivity index (χ1n) is 9.39. The minimum absolute atomic E-state index is 0.0662. The zero-order chi connectivity index (χ0) is 21.7. The number of rotatable bonds is 8. The fraction of sp³-hybridized carbons (Fsp3) is 0.273. The molecule has 3 rings (SSSR count). The molecule has 0 spiro atoms. The van der Waals surface area contributed by atoms with Gasteiger partial charge in [0.2, 0.25) is 0 Å². The molecule has 30 heavy (non-hydrogen) atoms. The minimum atomic E-state index is -0.128. The number of hydrogen-bond donors (Lipinski definition) is 1. The summed E-state index contributed by atoms with van der Waals surface area (Å²) in [6.45, 7) is 2.75. The first kappa shape index (κ1) is 22.0. The second kappa shape index (κ2) is 9.86. The molecule has 0 unspecified atom stereocenters. The summed E-state index contributed by atoms with van der Waals surface area (Å²) in [7, 11) is 3.18. The fourth-order valence-corrected chi connectivity index (χ4v) is 4.32. The van der Waals surface area contributed by atoms with Crippen LogP contribution in [0.15, 0.2) is 41.3 Å². The molecule has 0 atom stereocenters. The monoisotopic (exact) mass is 445 g/mol. The molecule has 0 saturated carbocycles. The Labute approximate surface area is 185 Å². The molecule has 0 aromatic heterocycles. The Morgan fingerprint density at radius 3 is 2.57 bits per heavy atom. The molecular weight excluding hydrogens is 422 g/mol. The van der Waals surface area contributed by atoms with Crippen LogP contribution in [0.2, 0.25) is 0 Å². The molecular formula is C22H23NO5S2. The number of nitrogens with zero attached hydrogens (tertiary/aromatic N) is 1. The maximum absolute atomic E-state index is 12.9. The third-order valence-corrected chi connectivity index (χ3v) is 5.90. The molecule has 158 valence electrons. The Morgan fingerprint density at radius 2 is 1.87 bits per heavy atom. The van der Waals surface area contributed by atoms with E-state index < -0.39 is 0 Å². The summed E-state index contributed by atoms with van der Waals surface area (Å²) in [5, 5.41) is 9.85. The van der Waals surface area contributed by atoms with Gasteiger partial charge in [0.25, 0.3) is 5.91 Å². The van der Waals surface area contributed by atoms with Crippen LogP contribution in [-0.4, -0.2) is 47.6 Å². The van der Waals surface area contributed by atoms with Crippen molar-refractivity contribution in [1.29, 1.82) is 0 Å². The normalized spacial score (nSPS) is 15.0. The number of phenols is 1. The van der Waals surface area contributed by atoms with E-state index >= 15 is 0 Å².